The Kier molecular flexibility index (Phi) is 6.43. The molecule has 0 fully saturated rings. The van der Waals surface area contributed by atoms with Gasteiger partial charge in [0.05, 0.1) is 12.5 Å². The molecule has 0 spiro atoms. The van der Waals surface area contributed by atoms with Crippen LogP contribution in [-0.4, -0.2) is 17.0 Å². The SMILES string of the molecule is C=C(C)CC(C)C(=O)N[C@@H](CC(=O)O)c1ccc(Cl)cc1. The molecule has 21 heavy (non-hydrogen) atoms. The third-order valence-electron chi connectivity index (χ3n) is 3.07. The summed E-state index contributed by atoms with van der Waals surface area (Å²) in [6, 6.07) is 6.23. The lowest BCUT2D eigenvalue weighted by Gasteiger charge is -2.20. The zero-order chi connectivity index (χ0) is 16.0. The highest BCUT2D eigenvalue weighted by Crippen LogP contribution is 2.21. The molecule has 0 heterocycles. The maximum absolute atomic E-state index is 12.1. The lowest BCUT2D eigenvalue weighted by atomic mass is 9.99. The van der Waals surface area contributed by atoms with Crippen molar-refractivity contribution in [2.45, 2.75) is 32.7 Å². The summed E-state index contributed by atoms with van der Waals surface area (Å²) in [6.45, 7) is 7.44. The fourth-order valence-electron chi connectivity index (χ4n) is 2.05. The molecular weight excluding hydrogens is 290 g/mol. The molecule has 0 aliphatic carbocycles. The molecule has 5 heteroatoms. The summed E-state index contributed by atoms with van der Waals surface area (Å²) in [5, 5.41) is 12.4. The standard InChI is InChI=1S/C16H20ClNO3/c1-10(2)8-11(3)16(21)18-14(9-15(19)20)12-4-6-13(17)7-5-12/h4-7,11,14H,1,8-9H2,2-3H3,(H,18,21)(H,19,20)/t11?,14-/m0/s1. The van der Waals surface area contributed by atoms with E-state index in [1.54, 1.807) is 31.2 Å². The molecule has 0 aliphatic rings. The molecule has 0 aliphatic heterocycles. The third kappa shape index (κ3) is 6.00. The van der Waals surface area contributed by atoms with Gasteiger partial charge in [0.1, 0.15) is 0 Å². The van der Waals surface area contributed by atoms with Gasteiger partial charge < -0.3 is 10.4 Å². The molecule has 1 amide bonds. The number of carboxylic acid groups (broad SMARTS) is 1. The lowest BCUT2D eigenvalue weighted by Crippen LogP contribution is -2.34. The molecular formula is C16H20ClNO3. The molecule has 2 N–H and O–H groups in total. The second-order valence-electron chi connectivity index (χ2n) is 5.27. The highest BCUT2D eigenvalue weighted by atomic mass is 35.5. The molecule has 1 aromatic rings. The van der Waals surface area contributed by atoms with Crippen LogP contribution in [0, 0.1) is 5.92 Å². The van der Waals surface area contributed by atoms with Gasteiger partial charge in [0.2, 0.25) is 5.91 Å². The van der Waals surface area contributed by atoms with E-state index in [1.807, 2.05) is 6.92 Å². The normalized spacial score (nSPS) is 13.3. The molecule has 0 saturated heterocycles. The van der Waals surface area contributed by atoms with E-state index in [-0.39, 0.29) is 18.2 Å². The predicted octanol–water partition coefficient (Wildman–Crippen LogP) is 3.57. The first-order valence-electron chi connectivity index (χ1n) is 6.71. The van der Waals surface area contributed by atoms with Gasteiger partial charge in [0.25, 0.3) is 0 Å². The summed E-state index contributed by atoms with van der Waals surface area (Å²) < 4.78 is 0. The Hall–Kier alpha value is -1.81. The number of allylic oxidation sites excluding steroid dienone is 1. The van der Waals surface area contributed by atoms with Crippen molar-refractivity contribution in [2.75, 3.05) is 0 Å². The van der Waals surface area contributed by atoms with E-state index in [9.17, 15) is 9.59 Å². The molecule has 0 radical (unpaired) electrons. The Morgan fingerprint density at radius 2 is 1.86 bits per heavy atom. The molecule has 1 aromatic carbocycles. The molecule has 0 aromatic heterocycles. The van der Waals surface area contributed by atoms with Crippen LogP contribution < -0.4 is 5.32 Å². The maximum Gasteiger partial charge on any atom is 0.305 e. The second kappa shape index (κ2) is 7.84. The van der Waals surface area contributed by atoms with E-state index >= 15 is 0 Å². The summed E-state index contributed by atoms with van der Waals surface area (Å²) in [5.74, 6) is -1.40. The Morgan fingerprint density at radius 1 is 1.29 bits per heavy atom. The number of hydrogen-bond donors (Lipinski definition) is 2. The fourth-order valence-corrected chi connectivity index (χ4v) is 2.18. The minimum Gasteiger partial charge on any atom is -0.481 e. The van der Waals surface area contributed by atoms with Crippen LogP contribution in [0.2, 0.25) is 5.02 Å². The number of amides is 1. The van der Waals surface area contributed by atoms with Crippen LogP contribution in [0.3, 0.4) is 0 Å². The molecule has 2 atom stereocenters. The summed E-state index contributed by atoms with van der Waals surface area (Å²) in [6.07, 6.45) is 0.402. The Balaban J connectivity index is 2.83. The monoisotopic (exact) mass is 309 g/mol. The van der Waals surface area contributed by atoms with Crippen molar-refractivity contribution in [3.8, 4) is 0 Å². The van der Waals surface area contributed by atoms with Crippen molar-refractivity contribution in [3.63, 3.8) is 0 Å². The number of carboxylic acids is 1. The van der Waals surface area contributed by atoms with E-state index in [2.05, 4.69) is 11.9 Å². The highest BCUT2D eigenvalue weighted by Gasteiger charge is 2.21. The molecule has 0 bridgehead atoms. The number of aliphatic carboxylic acids is 1. The summed E-state index contributed by atoms with van der Waals surface area (Å²) >= 11 is 5.82. The first-order valence-corrected chi connectivity index (χ1v) is 7.09. The quantitative estimate of drug-likeness (QED) is 0.757. The van der Waals surface area contributed by atoms with Crippen molar-refractivity contribution in [2.24, 2.45) is 5.92 Å². The van der Waals surface area contributed by atoms with Gasteiger partial charge in [-0.1, -0.05) is 36.2 Å². The maximum atomic E-state index is 12.1. The van der Waals surface area contributed by atoms with Crippen molar-refractivity contribution in [1.29, 1.82) is 0 Å². The number of carbonyl (C=O) groups excluding carboxylic acids is 1. The predicted molar refractivity (Wildman–Crippen MR) is 83.2 cm³/mol. The molecule has 1 rings (SSSR count). The molecule has 114 valence electrons. The number of rotatable bonds is 7. The van der Waals surface area contributed by atoms with Crippen LogP contribution >= 0.6 is 11.6 Å². The van der Waals surface area contributed by atoms with Crippen molar-refractivity contribution >= 4 is 23.5 Å². The zero-order valence-electron chi connectivity index (χ0n) is 12.2. The first-order chi connectivity index (χ1) is 9.79. The van der Waals surface area contributed by atoms with Crippen LogP contribution in [0.1, 0.15) is 38.3 Å². The molecule has 1 unspecified atom stereocenters. The van der Waals surface area contributed by atoms with Crippen LogP contribution in [-0.2, 0) is 9.59 Å². The molecule has 4 nitrogen and oxygen atoms in total. The minimum absolute atomic E-state index is 0.173. The topological polar surface area (TPSA) is 66.4 Å². The number of carbonyl (C=O) groups is 2. The summed E-state index contributed by atoms with van der Waals surface area (Å²) in [5.41, 5.74) is 1.64. The zero-order valence-corrected chi connectivity index (χ0v) is 13.0. The van der Waals surface area contributed by atoms with Gasteiger partial charge in [-0.05, 0) is 31.0 Å². The van der Waals surface area contributed by atoms with E-state index in [4.69, 9.17) is 16.7 Å². The number of benzene rings is 1. The molecule has 0 saturated carbocycles. The van der Waals surface area contributed by atoms with Crippen LogP contribution in [0.5, 0.6) is 0 Å². The summed E-state index contributed by atoms with van der Waals surface area (Å²) in [4.78, 5) is 23.1. The van der Waals surface area contributed by atoms with Gasteiger partial charge in [0, 0.05) is 10.9 Å². The Morgan fingerprint density at radius 3 is 2.33 bits per heavy atom. The van der Waals surface area contributed by atoms with Crippen molar-refractivity contribution in [3.05, 3.63) is 47.0 Å². The number of nitrogens with one attached hydrogen (secondary N) is 1. The largest absolute Gasteiger partial charge is 0.481 e. The van der Waals surface area contributed by atoms with E-state index in [0.29, 0.717) is 11.4 Å². The van der Waals surface area contributed by atoms with Crippen LogP contribution in [0.25, 0.3) is 0 Å². The Labute approximate surface area is 129 Å². The first kappa shape index (κ1) is 17.2. The van der Waals surface area contributed by atoms with Gasteiger partial charge in [0.15, 0.2) is 0 Å². The van der Waals surface area contributed by atoms with Crippen LogP contribution in [0.15, 0.2) is 36.4 Å². The number of halogens is 1. The van der Waals surface area contributed by atoms with Gasteiger partial charge in [-0.3, -0.25) is 9.59 Å². The minimum atomic E-state index is -0.970. The third-order valence-corrected chi connectivity index (χ3v) is 3.32. The van der Waals surface area contributed by atoms with Crippen molar-refractivity contribution in [1.82, 2.24) is 5.32 Å². The second-order valence-corrected chi connectivity index (χ2v) is 5.71. The smallest absolute Gasteiger partial charge is 0.305 e. The average molecular weight is 310 g/mol. The average Bonchev–Trinajstić information content (AvgIpc) is 2.37. The van der Waals surface area contributed by atoms with E-state index < -0.39 is 12.0 Å². The lowest BCUT2D eigenvalue weighted by molar-refractivity contribution is -0.137. The summed E-state index contributed by atoms with van der Waals surface area (Å²) in [7, 11) is 0. The van der Waals surface area contributed by atoms with Gasteiger partial charge in [-0.15, -0.1) is 6.58 Å². The Bertz CT molecular complexity index is 525. The van der Waals surface area contributed by atoms with Gasteiger partial charge in [-0.25, -0.2) is 0 Å². The highest BCUT2D eigenvalue weighted by molar-refractivity contribution is 6.30. The van der Waals surface area contributed by atoms with Crippen LogP contribution in [0.4, 0.5) is 0 Å². The van der Waals surface area contributed by atoms with Crippen molar-refractivity contribution < 1.29 is 14.7 Å². The van der Waals surface area contributed by atoms with Gasteiger partial charge >= 0.3 is 5.97 Å². The fraction of sp³-hybridized carbons (Fsp3) is 0.375. The van der Waals surface area contributed by atoms with Gasteiger partial charge in [-0.2, -0.15) is 0 Å². The van der Waals surface area contributed by atoms with E-state index in [1.165, 1.54) is 0 Å². The van der Waals surface area contributed by atoms with E-state index in [0.717, 1.165) is 11.1 Å². The number of hydrogen-bond acceptors (Lipinski definition) is 2.